The average Bonchev–Trinajstić information content (AvgIpc) is 3.11. The summed E-state index contributed by atoms with van der Waals surface area (Å²) in [5, 5.41) is 8.29. The molecular formula is C18H20ClN5O3. The molecule has 2 aliphatic heterocycles. The van der Waals surface area contributed by atoms with Crippen LogP contribution < -0.4 is 16.6 Å². The smallest absolute Gasteiger partial charge is 0.334 e. The summed E-state index contributed by atoms with van der Waals surface area (Å²) in [7, 11) is 0. The predicted molar refractivity (Wildman–Crippen MR) is 103 cm³/mol. The van der Waals surface area contributed by atoms with Crippen molar-refractivity contribution in [2.45, 2.75) is 31.5 Å². The van der Waals surface area contributed by atoms with Crippen LogP contribution in [-0.4, -0.2) is 44.8 Å². The van der Waals surface area contributed by atoms with E-state index in [1.165, 1.54) is 35.2 Å². The third-order valence-corrected chi connectivity index (χ3v) is 5.46. The zero-order valence-electron chi connectivity index (χ0n) is 14.6. The van der Waals surface area contributed by atoms with Crippen molar-refractivity contribution in [2.75, 3.05) is 13.1 Å². The summed E-state index contributed by atoms with van der Waals surface area (Å²) >= 11 is 0. The molecule has 8 nitrogen and oxygen atoms in total. The number of halogens is 1. The van der Waals surface area contributed by atoms with E-state index in [1.54, 1.807) is 0 Å². The van der Waals surface area contributed by atoms with Gasteiger partial charge in [-0.05, 0) is 30.5 Å². The van der Waals surface area contributed by atoms with Gasteiger partial charge in [-0.1, -0.05) is 11.2 Å². The third kappa shape index (κ3) is 3.09. The topological polar surface area (TPSA) is 96.2 Å². The lowest BCUT2D eigenvalue weighted by atomic mass is 10.1. The van der Waals surface area contributed by atoms with Gasteiger partial charge in [-0.15, -0.1) is 12.4 Å². The van der Waals surface area contributed by atoms with Gasteiger partial charge in [-0.25, -0.2) is 9.36 Å². The van der Waals surface area contributed by atoms with Gasteiger partial charge in [0.1, 0.15) is 0 Å². The fourth-order valence-corrected chi connectivity index (χ4v) is 4.17. The summed E-state index contributed by atoms with van der Waals surface area (Å²) < 4.78 is 6.66. The highest BCUT2D eigenvalue weighted by Crippen LogP contribution is 2.29. The van der Waals surface area contributed by atoms with E-state index < -0.39 is 11.2 Å². The molecule has 2 aromatic heterocycles. The van der Waals surface area contributed by atoms with Crippen molar-refractivity contribution in [1.29, 1.82) is 0 Å². The van der Waals surface area contributed by atoms with Crippen molar-refractivity contribution in [3.05, 3.63) is 56.9 Å². The first-order valence-electron chi connectivity index (χ1n) is 8.86. The van der Waals surface area contributed by atoms with Crippen molar-refractivity contribution in [1.82, 2.24) is 24.9 Å². The molecule has 2 fully saturated rings. The van der Waals surface area contributed by atoms with Crippen LogP contribution >= 0.6 is 12.4 Å². The summed E-state index contributed by atoms with van der Waals surface area (Å²) in [6, 6.07) is 8.45. The fourth-order valence-electron chi connectivity index (χ4n) is 4.17. The Bertz CT molecular complexity index is 1070. The Hall–Kier alpha value is -2.42. The lowest BCUT2D eigenvalue weighted by Gasteiger charge is -2.35. The second kappa shape index (κ2) is 6.95. The maximum atomic E-state index is 12.1. The van der Waals surface area contributed by atoms with E-state index in [2.05, 4.69) is 26.4 Å². The second-order valence-corrected chi connectivity index (χ2v) is 7.03. The van der Waals surface area contributed by atoms with Gasteiger partial charge in [-0.3, -0.25) is 14.7 Å². The molecule has 2 atom stereocenters. The molecule has 2 saturated heterocycles. The normalized spacial score (nSPS) is 22.1. The Morgan fingerprint density at radius 3 is 2.67 bits per heavy atom. The number of hydrogen-bond acceptors (Lipinski definition) is 6. The van der Waals surface area contributed by atoms with Crippen LogP contribution in [0.1, 0.15) is 18.4 Å². The maximum Gasteiger partial charge on any atom is 0.334 e. The lowest BCUT2D eigenvalue weighted by Crippen LogP contribution is -2.51. The predicted octanol–water partition coefficient (Wildman–Crippen LogP) is 1.02. The molecule has 0 aliphatic carbocycles. The van der Waals surface area contributed by atoms with Crippen molar-refractivity contribution in [3.63, 3.8) is 0 Å². The van der Waals surface area contributed by atoms with Crippen molar-refractivity contribution in [2.24, 2.45) is 0 Å². The van der Waals surface area contributed by atoms with Gasteiger partial charge in [0, 0.05) is 44.0 Å². The molecule has 2 N–H and O–H groups in total. The van der Waals surface area contributed by atoms with Gasteiger partial charge < -0.3 is 9.84 Å². The van der Waals surface area contributed by atoms with Crippen LogP contribution in [0.3, 0.4) is 0 Å². The zero-order chi connectivity index (χ0) is 17.7. The van der Waals surface area contributed by atoms with Crippen molar-refractivity contribution in [3.8, 4) is 5.82 Å². The van der Waals surface area contributed by atoms with Crippen LogP contribution in [-0.2, 0) is 6.54 Å². The fraction of sp³-hybridized carbons (Fsp3) is 0.389. The highest BCUT2D eigenvalue weighted by molar-refractivity contribution is 5.85. The molecule has 27 heavy (non-hydrogen) atoms. The summed E-state index contributed by atoms with van der Waals surface area (Å²) in [6.45, 7) is 2.96. The number of H-pyrrole nitrogens is 1. The minimum absolute atomic E-state index is 0. The van der Waals surface area contributed by atoms with Crippen LogP contribution in [0.5, 0.6) is 0 Å². The van der Waals surface area contributed by atoms with E-state index in [0.717, 1.165) is 25.0 Å². The van der Waals surface area contributed by atoms with Gasteiger partial charge in [0.25, 0.3) is 5.56 Å². The largest absolute Gasteiger partial charge is 0.354 e. The SMILES string of the molecule is Cl.O=c1ccn(-c2noc3ccc(CN4[C@@H]5CC[C@H]4CNC5)cc23)c(=O)[nH]1. The van der Waals surface area contributed by atoms with E-state index in [1.807, 2.05) is 12.1 Å². The molecule has 3 aromatic rings. The molecule has 2 bridgehead atoms. The Morgan fingerprint density at radius 1 is 1.15 bits per heavy atom. The first-order valence-corrected chi connectivity index (χ1v) is 8.86. The van der Waals surface area contributed by atoms with Crippen LogP contribution in [0.15, 0.2) is 44.6 Å². The Kier molecular flexibility index (Phi) is 4.63. The van der Waals surface area contributed by atoms with Gasteiger partial charge in [0.2, 0.25) is 0 Å². The molecule has 0 saturated carbocycles. The summed E-state index contributed by atoms with van der Waals surface area (Å²) in [6.07, 6.45) is 3.90. The first kappa shape index (κ1) is 18.0. The molecule has 0 unspecified atom stereocenters. The molecule has 142 valence electrons. The number of piperazine rings is 1. The van der Waals surface area contributed by atoms with E-state index in [9.17, 15) is 9.59 Å². The Labute approximate surface area is 160 Å². The third-order valence-electron chi connectivity index (χ3n) is 5.46. The van der Waals surface area contributed by atoms with Crippen LogP contribution in [0.25, 0.3) is 16.8 Å². The van der Waals surface area contributed by atoms with E-state index in [-0.39, 0.29) is 12.4 Å². The summed E-state index contributed by atoms with van der Waals surface area (Å²) in [4.78, 5) is 28.2. The lowest BCUT2D eigenvalue weighted by molar-refractivity contribution is 0.145. The molecule has 5 rings (SSSR count). The van der Waals surface area contributed by atoms with Gasteiger partial charge in [0.05, 0.1) is 5.39 Å². The molecule has 9 heteroatoms. The second-order valence-electron chi connectivity index (χ2n) is 7.03. The monoisotopic (exact) mass is 389 g/mol. The van der Waals surface area contributed by atoms with Gasteiger partial charge in [-0.2, -0.15) is 0 Å². The number of aromatic nitrogens is 3. The quantitative estimate of drug-likeness (QED) is 0.694. The van der Waals surface area contributed by atoms with Crippen LogP contribution in [0.2, 0.25) is 0 Å². The molecular weight excluding hydrogens is 370 g/mol. The molecule has 4 heterocycles. The number of rotatable bonds is 3. The minimum Gasteiger partial charge on any atom is -0.354 e. The highest BCUT2D eigenvalue weighted by atomic mass is 35.5. The zero-order valence-corrected chi connectivity index (χ0v) is 15.4. The summed E-state index contributed by atoms with van der Waals surface area (Å²) in [5.74, 6) is 0.395. The van der Waals surface area contributed by atoms with Crippen LogP contribution in [0, 0.1) is 0 Å². The van der Waals surface area contributed by atoms with Crippen molar-refractivity contribution >= 4 is 23.4 Å². The number of nitrogens with zero attached hydrogens (tertiary/aromatic N) is 3. The van der Waals surface area contributed by atoms with Crippen molar-refractivity contribution < 1.29 is 4.52 Å². The number of hydrogen-bond donors (Lipinski definition) is 2. The number of benzene rings is 1. The van der Waals surface area contributed by atoms with E-state index >= 15 is 0 Å². The van der Waals surface area contributed by atoms with E-state index in [4.69, 9.17) is 4.52 Å². The molecule has 0 radical (unpaired) electrons. The number of aromatic amines is 1. The molecule has 1 aromatic carbocycles. The molecule has 2 aliphatic rings. The number of nitrogens with one attached hydrogen (secondary N) is 2. The van der Waals surface area contributed by atoms with E-state index in [0.29, 0.717) is 23.5 Å². The number of fused-ring (bicyclic) bond motifs is 3. The van der Waals surface area contributed by atoms with Gasteiger partial charge >= 0.3 is 5.69 Å². The van der Waals surface area contributed by atoms with Gasteiger partial charge in [0.15, 0.2) is 11.4 Å². The average molecular weight is 390 g/mol. The Morgan fingerprint density at radius 2 is 1.93 bits per heavy atom. The van der Waals surface area contributed by atoms with Crippen LogP contribution in [0.4, 0.5) is 0 Å². The highest BCUT2D eigenvalue weighted by Gasteiger charge is 2.36. The minimum atomic E-state index is -0.529. The molecule has 0 spiro atoms. The molecule has 0 amide bonds. The first-order chi connectivity index (χ1) is 12.7. The standard InChI is InChI=1S/C18H19N5O3.ClH/c24-16-5-6-22(18(25)20-16)17-14-7-11(1-4-15(14)26-21-17)10-23-12-2-3-13(23)9-19-8-12;/h1,4-7,12-13,19H,2-3,8-10H2,(H,20,24,25);1H/t12-,13+;. The summed E-state index contributed by atoms with van der Waals surface area (Å²) in [5.41, 5.74) is 0.815. The maximum absolute atomic E-state index is 12.1. The Balaban J connectivity index is 0.00000180.